The molecule has 1 aromatic carbocycles. The first-order chi connectivity index (χ1) is 10.1. The first-order valence-corrected chi connectivity index (χ1v) is 7.51. The van der Waals surface area contributed by atoms with Gasteiger partial charge in [0.05, 0.1) is 24.4 Å². The lowest BCUT2D eigenvalue weighted by Gasteiger charge is -2.15. The molecule has 2 N–H and O–H groups in total. The Morgan fingerprint density at radius 1 is 1.52 bits per heavy atom. The molecule has 0 aromatic heterocycles. The van der Waals surface area contributed by atoms with Gasteiger partial charge in [0, 0.05) is 18.7 Å². The van der Waals surface area contributed by atoms with Crippen molar-refractivity contribution in [3.63, 3.8) is 0 Å². The topological polar surface area (TPSA) is 59.6 Å². The lowest BCUT2D eigenvalue weighted by Crippen LogP contribution is -2.35. The molecule has 0 saturated carbocycles. The van der Waals surface area contributed by atoms with Crippen LogP contribution in [0.4, 0.5) is 5.69 Å². The molecule has 0 radical (unpaired) electrons. The van der Waals surface area contributed by atoms with E-state index in [9.17, 15) is 4.79 Å². The van der Waals surface area contributed by atoms with Crippen molar-refractivity contribution in [1.29, 1.82) is 0 Å². The number of anilines is 1. The summed E-state index contributed by atoms with van der Waals surface area (Å²) in [5, 5.41) is 6.58. The number of nitrogens with one attached hydrogen (secondary N) is 2. The third kappa shape index (κ3) is 4.33. The summed E-state index contributed by atoms with van der Waals surface area (Å²) in [5.41, 5.74) is 0.601. The Hall–Kier alpha value is -1.30. The van der Waals surface area contributed by atoms with E-state index >= 15 is 0 Å². The molecule has 116 valence electrons. The number of hydrogen-bond acceptors (Lipinski definition) is 4. The lowest BCUT2D eigenvalue weighted by atomic mass is 10.2. The molecular weight excluding hydrogens is 292 g/mol. The summed E-state index contributed by atoms with van der Waals surface area (Å²) in [6, 6.07) is 4.96. The van der Waals surface area contributed by atoms with Crippen LogP contribution >= 0.6 is 11.6 Å². The Kier molecular flexibility index (Phi) is 5.85. The fraction of sp³-hybridized carbons (Fsp3) is 0.533. The molecular formula is C15H21ClN2O3. The molecule has 2 rings (SSSR count). The van der Waals surface area contributed by atoms with E-state index in [1.54, 1.807) is 25.3 Å². The second-order valence-corrected chi connectivity index (χ2v) is 5.47. The second kappa shape index (κ2) is 7.64. The zero-order valence-electron chi connectivity index (χ0n) is 12.3. The molecule has 1 saturated heterocycles. The predicted octanol–water partition coefficient (Wildman–Crippen LogP) is 2.44. The van der Waals surface area contributed by atoms with Crippen molar-refractivity contribution in [2.75, 3.05) is 25.6 Å². The van der Waals surface area contributed by atoms with E-state index in [-0.39, 0.29) is 18.1 Å². The number of carbonyl (C=O) groups excluding carboxylic acids is 1. The normalized spacial score (nSPS) is 21.3. The Bertz CT molecular complexity index is 496. The average Bonchev–Trinajstić information content (AvgIpc) is 2.95. The third-order valence-electron chi connectivity index (χ3n) is 3.40. The van der Waals surface area contributed by atoms with Gasteiger partial charge < -0.3 is 20.1 Å². The molecule has 1 amide bonds. The molecule has 6 heteroatoms. The molecule has 1 fully saturated rings. The van der Waals surface area contributed by atoms with Gasteiger partial charge in [0.25, 0.3) is 0 Å². The van der Waals surface area contributed by atoms with Crippen LogP contribution in [-0.4, -0.2) is 38.3 Å². The Labute approximate surface area is 130 Å². The molecule has 5 nitrogen and oxygen atoms in total. The SMILES string of the molecule is CCCOc1ccc(Cl)cc1NC(=O)C1CC(OC)CN1. The van der Waals surface area contributed by atoms with Crippen LogP contribution in [0.15, 0.2) is 18.2 Å². The molecule has 1 heterocycles. The minimum absolute atomic E-state index is 0.0796. The summed E-state index contributed by atoms with van der Waals surface area (Å²) in [6.07, 6.45) is 1.64. The maximum absolute atomic E-state index is 12.3. The van der Waals surface area contributed by atoms with Crippen molar-refractivity contribution in [3.05, 3.63) is 23.2 Å². The molecule has 0 spiro atoms. The largest absolute Gasteiger partial charge is 0.491 e. The van der Waals surface area contributed by atoms with Crippen LogP contribution in [0.2, 0.25) is 5.02 Å². The van der Waals surface area contributed by atoms with Gasteiger partial charge in [0.1, 0.15) is 5.75 Å². The number of carbonyl (C=O) groups is 1. The smallest absolute Gasteiger partial charge is 0.241 e. The van der Waals surface area contributed by atoms with Crippen molar-refractivity contribution in [2.45, 2.75) is 31.9 Å². The standard InChI is InChI=1S/C15H21ClN2O3/c1-3-6-21-14-5-4-10(16)7-12(14)18-15(19)13-8-11(20-2)9-17-13/h4-5,7,11,13,17H,3,6,8-9H2,1-2H3,(H,18,19). The first-order valence-electron chi connectivity index (χ1n) is 7.13. The monoisotopic (exact) mass is 312 g/mol. The number of ether oxygens (including phenoxy) is 2. The quantitative estimate of drug-likeness (QED) is 0.847. The van der Waals surface area contributed by atoms with Crippen LogP contribution in [0, 0.1) is 0 Å². The van der Waals surface area contributed by atoms with E-state index in [2.05, 4.69) is 10.6 Å². The average molecular weight is 313 g/mol. The summed E-state index contributed by atoms with van der Waals surface area (Å²) in [7, 11) is 1.65. The minimum Gasteiger partial charge on any atom is -0.491 e. The summed E-state index contributed by atoms with van der Waals surface area (Å²) in [4.78, 5) is 12.3. The van der Waals surface area contributed by atoms with Crippen LogP contribution in [0.5, 0.6) is 5.75 Å². The summed E-state index contributed by atoms with van der Waals surface area (Å²) >= 11 is 6.00. The highest BCUT2D eigenvalue weighted by atomic mass is 35.5. The number of rotatable bonds is 6. The number of hydrogen-bond donors (Lipinski definition) is 2. The van der Waals surface area contributed by atoms with Crippen LogP contribution in [0.1, 0.15) is 19.8 Å². The van der Waals surface area contributed by atoms with Crippen LogP contribution < -0.4 is 15.4 Å². The summed E-state index contributed by atoms with van der Waals surface area (Å²) in [5.74, 6) is 0.536. The lowest BCUT2D eigenvalue weighted by molar-refractivity contribution is -0.118. The van der Waals surface area contributed by atoms with Gasteiger partial charge in [-0.3, -0.25) is 4.79 Å². The number of benzene rings is 1. The van der Waals surface area contributed by atoms with Crippen molar-refractivity contribution in [2.24, 2.45) is 0 Å². The molecule has 1 aliphatic rings. The van der Waals surface area contributed by atoms with E-state index in [0.29, 0.717) is 36.0 Å². The van der Waals surface area contributed by atoms with Gasteiger partial charge >= 0.3 is 0 Å². The van der Waals surface area contributed by atoms with Crippen molar-refractivity contribution in [3.8, 4) is 5.75 Å². The zero-order chi connectivity index (χ0) is 15.2. The van der Waals surface area contributed by atoms with Crippen molar-refractivity contribution in [1.82, 2.24) is 5.32 Å². The van der Waals surface area contributed by atoms with Crippen molar-refractivity contribution >= 4 is 23.2 Å². The Morgan fingerprint density at radius 2 is 2.33 bits per heavy atom. The van der Waals surface area contributed by atoms with Gasteiger partial charge in [-0.05, 0) is 31.0 Å². The molecule has 1 aromatic rings. The van der Waals surface area contributed by atoms with E-state index in [1.165, 1.54) is 0 Å². The highest BCUT2D eigenvalue weighted by molar-refractivity contribution is 6.31. The van der Waals surface area contributed by atoms with Gasteiger partial charge in [-0.1, -0.05) is 18.5 Å². The van der Waals surface area contributed by atoms with Gasteiger partial charge in [-0.25, -0.2) is 0 Å². The van der Waals surface area contributed by atoms with Crippen LogP contribution in [0.3, 0.4) is 0 Å². The molecule has 1 aliphatic heterocycles. The number of methoxy groups -OCH3 is 1. The second-order valence-electron chi connectivity index (χ2n) is 5.03. The van der Waals surface area contributed by atoms with E-state index in [4.69, 9.17) is 21.1 Å². The first kappa shape index (κ1) is 16.1. The summed E-state index contributed by atoms with van der Waals surface area (Å²) < 4.78 is 10.9. The Balaban J connectivity index is 2.04. The molecule has 0 aliphatic carbocycles. The van der Waals surface area contributed by atoms with E-state index < -0.39 is 0 Å². The number of halogens is 1. The molecule has 21 heavy (non-hydrogen) atoms. The Morgan fingerprint density at radius 3 is 3.00 bits per heavy atom. The molecule has 2 unspecified atom stereocenters. The highest BCUT2D eigenvalue weighted by Gasteiger charge is 2.29. The number of amides is 1. The minimum atomic E-state index is -0.257. The van der Waals surface area contributed by atoms with Gasteiger partial charge in [-0.2, -0.15) is 0 Å². The van der Waals surface area contributed by atoms with E-state index in [0.717, 1.165) is 6.42 Å². The fourth-order valence-corrected chi connectivity index (χ4v) is 2.41. The van der Waals surface area contributed by atoms with Gasteiger partial charge in [0.15, 0.2) is 0 Å². The highest BCUT2D eigenvalue weighted by Crippen LogP contribution is 2.28. The van der Waals surface area contributed by atoms with Gasteiger partial charge in [-0.15, -0.1) is 0 Å². The molecule has 0 bridgehead atoms. The van der Waals surface area contributed by atoms with E-state index in [1.807, 2.05) is 6.92 Å². The van der Waals surface area contributed by atoms with Crippen LogP contribution in [0.25, 0.3) is 0 Å². The predicted molar refractivity (Wildman–Crippen MR) is 83.1 cm³/mol. The summed E-state index contributed by atoms with van der Waals surface area (Å²) in [6.45, 7) is 3.31. The molecule has 2 atom stereocenters. The maximum atomic E-state index is 12.3. The maximum Gasteiger partial charge on any atom is 0.241 e. The van der Waals surface area contributed by atoms with Crippen molar-refractivity contribution < 1.29 is 14.3 Å². The third-order valence-corrected chi connectivity index (χ3v) is 3.64. The van der Waals surface area contributed by atoms with Crippen LogP contribution in [-0.2, 0) is 9.53 Å². The zero-order valence-corrected chi connectivity index (χ0v) is 13.1. The van der Waals surface area contributed by atoms with Gasteiger partial charge in [0.2, 0.25) is 5.91 Å². The fourth-order valence-electron chi connectivity index (χ4n) is 2.24.